The molecule has 1 amide bonds. The van der Waals surface area contributed by atoms with E-state index in [4.69, 9.17) is 0 Å². The van der Waals surface area contributed by atoms with E-state index in [1.54, 1.807) is 0 Å². The van der Waals surface area contributed by atoms with E-state index in [2.05, 4.69) is 5.10 Å². The summed E-state index contributed by atoms with van der Waals surface area (Å²) >= 11 is 0. The molecule has 0 saturated carbocycles. The first-order valence-electron chi connectivity index (χ1n) is 6.79. The van der Waals surface area contributed by atoms with Crippen molar-refractivity contribution in [2.24, 2.45) is 5.10 Å². The molecule has 2 aromatic carbocycles. The van der Waals surface area contributed by atoms with Gasteiger partial charge in [0.15, 0.2) is 23.3 Å². The Balaban J connectivity index is 2.07. The van der Waals surface area contributed by atoms with Crippen molar-refractivity contribution in [3.8, 4) is 0 Å². The molecule has 0 aliphatic heterocycles. The Morgan fingerprint density at radius 3 is 2.00 bits per heavy atom. The van der Waals surface area contributed by atoms with Crippen LogP contribution in [-0.2, 0) is 11.2 Å². The van der Waals surface area contributed by atoms with Gasteiger partial charge in [-0.15, -0.1) is 0 Å². The molecule has 0 saturated heterocycles. The molecule has 0 aliphatic carbocycles. The average molecular weight is 373 g/mol. The number of benzene rings is 2. The zero-order valence-corrected chi connectivity index (χ0v) is 12.6. The minimum atomic E-state index is -2.31. The van der Waals surface area contributed by atoms with Crippen LogP contribution in [0.4, 0.5) is 27.6 Å². The Labute approximate surface area is 142 Å². The van der Waals surface area contributed by atoms with E-state index in [9.17, 15) is 36.9 Å². The van der Waals surface area contributed by atoms with Gasteiger partial charge in [0.1, 0.15) is 0 Å². The Hall–Kier alpha value is -3.37. The fourth-order valence-electron chi connectivity index (χ4n) is 1.86. The third kappa shape index (κ3) is 3.99. The molecular weight excluding hydrogens is 365 g/mol. The van der Waals surface area contributed by atoms with Gasteiger partial charge in [0.05, 0.1) is 23.1 Å². The zero-order valence-electron chi connectivity index (χ0n) is 12.6. The minimum absolute atomic E-state index is 0.182. The molecule has 0 radical (unpaired) electrons. The second-order valence-corrected chi connectivity index (χ2v) is 4.88. The standard InChI is InChI=1S/C15H8F5N3O3/c16-11-9(12(17)14(19)15(20)13(11)18)6-21-22-10(24)5-7-1-3-8(4-2-7)23(25)26/h1-4,6H,5H2,(H,22,24). The normalized spacial score (nSPS) is 11.0. The van der Waals surface area contributed by atoms with Crippen LogP contribution in [-0.4, -0.2) is 17.0 Å². The van der Waals surface area contributed by atoms with Gasteiger partial charge in [-0.3, -0.25) is 14.9 Å². The molecule has 0 heterocycles. The summed E-state index contributed by atoms with van der Waals surface area (Å²) in [5.74, 6) is -11.5. The third-order valence-corrected chi connectivity index (χ3v) is 3.14. The first-order valence-corrected chi connectivity index (χ1v) is 6.79. The molecule has 0 atom stereocenters. The predicted octanol–water partition coefficient (Wildman–Crippen LogP) is 2.98. The number of hydrogen-bond acceptors (Lipinski definition) is 4. The summed E-state index contributed by atoms with van der Waals surface area (Å²) in [4.78, 5) is 21.5. The van der Waals surface area contributed by atoms with Crippen LogP contribution < -0.4 is 5.43 Å². The molecule has 11 heteroatoms. The monoisotopic (exact) mass is 373 g/mol. The van der Waals surface area contributed by atoms with Crippen LogP contribution in [0.25, 0.3) is 0 Å². The van der Waals surface area contributed by atoms with Crippen LogP contribution >= 0.6 is 0 Å². The maximum atomic E-state index is 13.4. The molecule has 2 aromatic rings. The van der Waals surface area contributed by atoms with Gasteiger partial charge < -0.3 is 0 Å². The van der Waals surface area contributed by atoms with Crippen molar-refractivity contribution < 1.29 is 31.7 Å². The number of nitro groups is 1. The number of amides is 1. The second kappa shape index (κ2) is 7.68. The highest BCUT2D eigenvalue weighted by Gasteiger charge is 2.24. The van der Waals surface area contributed by atoms with Crippen molar-refractivity contribution in [1.82, 2.24) is 5.43 Å². The number of rotatable bonds is 5. The highest BCUT2D eigenvalue weighted by atomic mass is 19.2. The highest BCUT2D eigenvalue weighted by Crippen LogP contribution is 2.21. The third-order valence-electron chi connectivity index (χ3n) is 3.14. The molecule has 2 rings (SSSR count). The van der Waals surface area contributed by atoms with E-state index in [1.807, 2.05) is 5.43 Å². The fourth-order valence-corrected chi connectivity index (χ4v) is 1.86. The lowest BCUT2D eigenvalue weighted by Gasteiger charge is -2.04. The second-order valence-electron chi connectivity index (χ2n) is 4.88. The zero-order chi connectivity index (χ0) is 19.4. The van der Waals surface area contributed by atoms with Gasteiger partial charge in [0, 0.05) is 12.1 Å². The lowest BCUT2D eigenvalue weighted by Crippen LogP contribution is -2.20. The minimum Gasteiger partial charge on any atom is -0.273 e. The average Bonchev–Trinajstić information content (AvgIpc) is 2.61. The first kappa shape index (κ1) is 19.0. The van der Waals surface area contributed by atoms with E-state index in [0.29, 0.717) is 5.56 Å². The Bertz CT molecular complexity index is 871. The van der Waals surface area contributed by atoms with Crippen LogP contribution in [0.2, 0.25) is 0 Å². The van der Waals surface area contributed by atoms with E-state index in [1.165, 1.54) is 24.3 Å². The molecule has 0 aromatic heterocycles. The molecule has 136 valence electrons. The quantitative estimate of drug-likeness (QED) is 0.218. The SMILES string of the molecule is O=C(Cc1ccc([N+](=O)[O-])cc1)NN=Cc1c(F)c(F)c(F)c(F)c1F. The Morgan fingerprint density at radius 2 is 1.50 bits per heavy atom. The molecule has 6 nitrogen and oxygen atoms in total. The summed E-state index contributed by atoms with van der Waals surface area (Å²) in [6.45, 7) is 0. The van der Waals surface area contributed by atoms with Crippen LogP contribution in [0.3, 0.4) is 0 Å². The van der Waals surface area contributed by atoms with Crippen molar-refractivity contribution in [2.45, 2.75) is 6.42 Å². The first-order chi connectivity index (χ1) is 12.2. The number of nitrogens with zero attached hydrogens (tertiary/aromatic N) is 2. The van der Waals surface area contributed by atoms with Gasteiger partial charge in [-0.2, -0.15) is 5.10 Å². The van der Waals surface area contributed by atoms with Gasteiger partial charge in [0.25, 0.3) is 5.69 Å². The molecule has 0 bridgehead atoms. The van der Waals surface area contributed by atoms with Gasteiger partial charge in [0.2, 0.25) is 11.7 Å². The van der Waals surface area contributed by atoms with Gasteiger partial charge in [-0.25, -0.2) is 27.4 Å². The number of non-ortho nitro benzene ring substituents is 1. The van der Waals surface area contributed by atoms with E-state index < -0.39 is 45.5 Å². The maximum absolute atomic E-state index is 13.4. The maximum Gasteiger partial charge on any atom is 0.269 e. The van der Waals surface area contributed by atoms with Crippen LogP contribution in [0.1, 0.15) is 11.1 Å². The van der Waals surface area contributed by atoms with Crippen molar-refractivity contribution in [2.75, 3.05) is 0 Å². The van der Waals surface area contributed by atoms with Gasteiger partial charge in [-0.05, 0) is 5.56 Å². The number of hydrogen-bond donors (Lipinski definition) is 1. The number of nitrogens with one attached hydrogen (secondary N) is 1. The van der Waals surface area contributed by atoms with Gasteiger partial charge in [-0.1, -0.05) is 12.1 Å². The molecular formula is C15H8F5N3O3. The smallest absolute Gasteiger partial charge is 0.269 e. The number of nitro benzene ring substituents is 1. The predicted molar refractivity (Wildman–Crippen MR) is 78.8 cm³/mol. The summed E-state index contributed by atoms with van der Waals surface area (Å²) in [5.41, 5.74) is 0.734. The van der Waals surface area contributed by atoms with E-state index in [-0.39, 0.29) is 18.3 Å². The summed E-state index contributed by atoms with van der Waals surface area (Å²) in [6, 6.07) is 4.96. The molecule has 0 spiro atoms. The molecule has 1 N–H and O–H groups in total. The molecule has 0 aliphatic rings. The number of hydrazone groups is 1. The van der Waals surface area contributed by atoms with Crippen molar-refractivity contribution in [1.29, 1.82) is 0 Å². The molecule has 0 fully saturated rings. The largest absolute Gasteiger partial charge is 0.273 e. The lowest BCUT2D eigenvalue weighted by atomic mass is 10.1. The summed E-state index contributed by atoms with van der Waals surface area (Å²) in [7, 11) is 0. The fraction of sp³-hybridized carbons (Fsp3) is 0.0667. The van der Waals surface area contributed by atoms with E-state index in [0.717, 1.165) is 0 Å². The van der Waals surface area contributed by atoms with Crippen molar-refractivity contribution >= 4 is 17.8 Å². The summed E-state index contributed by atoms with van der Waals surface area (Å²) in [6.07, 6.45) is -0.00353. The Kier molecular flexibility index (Phi) is 5.60. The van der Waals surface area contributed by atoms with Crippen LogP contribution in [0.15, 0.2) is 29.4 Å². The van der Waals surface area contributed by atoms with Crippen molar-refractivity contribution in [3.63, 3.8) is 0 Å². The molecule has 26 heavy (non-hydrogen) atoms. The van der Waals surface area contributed by atoms with Crippen LogP contribution in [0, 0.1) is 39.2 Å². The topological polar surface area (TPSA) is 84.6 Å². The number of halogens is 5. The summed E-state index contributed by atoms with van der Waals surface area (Å²) < 4.78 is 65.7. The van der Waals surface area contributed by atoms with Crippen LogP contribution in [0.5, 0.6) is 0 Å². The number of carbonyl (C=O) groups excluding carboxylic acids is 1. The number of carbonyl (C=O) groups is 1. The van der Waals surface area contributed by atoms with E-state index >= 15 is 0 Å². The summed E-state index contributed by atoms with van der Waals surface area (Å²) in [5, 5.41) is 13.7. The molecule has 0 unspecified atom stereocenters. The highest BCUT2D eigenvalue weighted by molar-refractivity contribution is 5.83. The lowest BCUT2D eigenvalue weighted by molar-refractivity contribution is -0.384. The Morgan fingerprint density at radius 1 is 1.00 bits per heavy atom. The van der Waals surface area contributed by atoms with Gasteiger partial charge >= 0.3 is 0 Å². The van der Waals surface area contributed by atoms with Crippen molar-refractivity contribution in [3.05, 3.63) is 74.6 Å².